The number of anilines is 1. The summed E-state index contributed by atoms with van der Waals surface area (Å²) in [5.74, 6) is -0.0107. The Bertz CT molecular complexity index is 514. The molecule has 0 aromatic heterocycles. The van der Waals surface area contributed by atoms with Crippen LogP contribution in [0.25, 0.3) is 0 Å². The van der Waals surface area contributed by atoms with Gasteiger partial charge in [0.2, 0.25) is 5.91 Å². The Kier molecular flexibility index (Phi) is 8.01. The molecule has 2 rings (SSSR count). The predicted octanol–water partition coefficient (Wildman–Crippen LogP) is 2.04. The van der Waals surface area contributed by atoms with Crippen molar-refractivity contribution in [3.8, 4) is 11.5 Å². The summed E-state index contributed by atoms with van der Waals surface area (Å²) in [6.07, 6.45) is 0.172. The number of amides is 1. The minimum atomic E-state index is -2.97. The number of hydrogen-bond donors (Lipinski definition) is 2. The molecule has 0 spiro atoms. The molecule has 1 saturated heterocycles. The summed E-state index contributed by atoms with van der Waals surface area (Å²) in [5.41, 5.74) is 0.140. The third-order valence-corrected chi connectivity index (χ3v) is 3.11. The van der Waals surface area contributed by atoms with Crippen LogP contribution in [0.5, 0.6) is 11.5 Å². The molecule has 1 unspecified atom stereocenters. The van der Waals surface area contributed by atoms with Crippen molar-refractivity contribution >= 4 is 24.0 Å². The van der Waals surface area contributed by atoms with Gasteiger partial charge in [-0.1, -0.05) is 0 Å². The highest BCUT2D eigenvalue weighted by atomic mass is 35.5. The van der Waals surface area contributed by atoms with Gasteiger partial charge in [0.05, 0.1) is 26.0 Å². The van der Waals surface area contributed by atoms with Crippen LogP contribution in [0.2, 0.25) is 0 Å². The van der Waals surface area contributed by atoms with Crippen LogP contribution in [0.3, 0.4) is 0 Å². The second-order valence-electron chi connectivity index (χ2n) is 4.72. The van der Waals surface area contributed by atoms with E-state index < -0.39 is 6.61 Å². The molecule has 0 saturated carbocycles. The fourth-order valence-electron chi connectivity index (χ4n) is 2.11. The van der Waals surface area contributed by atoms with Crippen molar-refractivity contribution in [1.82, 2.24) is 5.32 Å². The summed E-state index contributed by atoms with van der Waals surface area (Å²) < 4.78 is 39.5. The minimum Gasteiger partial charge on any atom is -0.497 e. The Hall–Kier alpha value is -1.64. The lowest BCUT2D eigenvalue weighted by atomic mass is 10.2. The van der Waals surface area contributed by atoms with Crippen LogP contribution in [0.4, 0.5) is 14.5 Å². The van der Waals surface area contributed by atoms with Crippen LogP contribution in [-0.2, 0) is 9.53 Å². The van der Waals surface area contributed by atoms with E-state index in [1.54, 1.807) is 0 Å². The van der Waals surface area contributed by atoms with Gasteiger partial charge in [-0.3, -0.25) is 4.79 Å². The van der Waals surface area contributed by atoms with Gasteiger partial charge in [-0.05, 0) is 12.1 Å². The maximum atomic E-state index is 12.4. The summed E-state index contributed by atoms with van der Waals surface area (Å²) in [4.78, 5) is 12.0. The summed E-state index contributed by atoms with van der Waals surface area (Å²) in [6, 6.07) is 4.13. The first-order chi connectivity index (χ1) is 10.6. The number of carbonyl (C=O) groups excluding carboxylic acids is 1. The van der Waals surface area contributed by atoms with Crippen molar-refractivity contribution in [2.75, 3.05) is 32.2 Å². The van der Waals surface area contributed by atoms with E-state index in [0.29, 0.717) is 25.5 Å². The molecule has 1 atom stereocenters. The summed E-state index contributed by atoms with van der Waals surface area (Å²) in [6.45, 7) is -1.25. The van der Waals surface area contributed by atoms with Crippen LogP contribution < -0.4 is 20.1 Å². The number of ether oxygens (including phenoxy) is 3. The number of carbonyl (C=O) groups is 1. The molecule has 1 aliphatic heterocycles. The molecule has 6 nitrogen and oxygen atoms in total. The molecule has 0 bridgehead atoms. The van der Waals surface area contributed by atoms with Crippen LogP contribution >= 0.6 is 12.4 Å². The normalized spacial score (nSPS) is 17.3. The Balaban J connectivity index is 0.00000264. The third-order valence-electron chi connectivity index (χ3n) is 3.11. The van der Waals surface area contributed by atoms with E-state index in [-0.39, 0.29) is 42.2 Å². The van der Waals surface area contributed by atoms with E-state index in [0.717, 1.165) is 0 Å². The first-order valence-corrected chi connectivity index (χ1v) is 6.82. The quantitative estimate of drug-likeness (QED) is 0.820. The van der Waals surface area contributed by atoms with Crippen molar-refractivity contribution in [3.63, 3.8) is 0 Å². The predicted molar refractivity (Wildman–Crippen MR) is 82.7 cm³/mol. The number of alkyl halides is 2. The molecule has 1 aliphatic rings. The maximum Gasteiger partial charge on any atom is 0.387 e. The van der Waals surface area contributed by atoms with Gasteiger partial charge in [-0.15, -0.1) is 12.4 Å². The average molecular weight is 353 g/mol. The largest absolute Gasteiger partial charge is 0.497 e. The van der Waals surface area contributed by atoms with Gasteiger partial charge in [0.25, 0.3) is 0 Å². The lowest BCUT2D eigenvalue weighted by molar-refractivity contribution is -0.117. The second-order valence-corrected chi connectivity index (χ2v) is 4.72. The van der Waals surface area contributed by atoms with Crippen LogP contribution in [0.1, 0.15) is 6.42 Å². The van der Waals surface area contributed by atoms with Gasteiger partial charge in [-0.25, -0.2) is 0 Å². The van der Waals surface area contributed by atoms with Gasteiger partial charge < -0.3 is 24.8 Å². The first-order valence-electron chi connectivity index (χ1n) is 6.82. The summed E-state index contributed by atoms with van der Waals surface area (Å²) >= 11 is 0. The molecular formula is C14H19ClF2N2O4. The van der Waals surface area contributed by atoms with Crippen molar-refractivity contribution in [3.05, 3.63) is 18.2 Å². The van der Waals surface area contributed by atoms with E-state index in [1.165, 1.54) is 25.3 Å². The molecule has 1 aromatic carbocycles. The van der Waals surface area contributed by atoms with Crippen molar-refractivity contribution in [1.29, 1.82) is 0 Å². The standard InChI is InChI=1S/C14H18F2N2O4.ClH/c1-20-10-2-3-12(22-14(15)16)11(7-10)18-13(19)6-9-8-21-5-4-17-9;/h2-3,7,9,14,17H,4-6,8H2,1H3,(H,18,19);1H. The van der Waals surface area contributed by atoms with E-state index in [9.17, 15) is 13.6 Å². The minimum absolute atomic E-state index is 0. The zero-order valence-electron chi connectivity index (χ0n) is 12.5. The van der Waals surface area contributed by atoms with E-state index in [4.69, 9.17) is 9.47 Å². The smallest absolute Gasteiger partial charge is 0.387 e. The Morgan fingerprint density at radius 1 is 1.52 bits per heavy atom. The molecule has 1 fully saturated rings. The van der Waals surface area contributed by atoms with Crippen molar-refractivity contribution < 1.29 is 27.8 Å². The third kappa shape index (κ3) is 6.17. The molecule has 2 N–H and O–H groups in total. The topological polar surface area (TPSA) is 68.8 Å². The number of hydrogen-bond acceptors (Lipinski definition) is 5. The van der Waals surface area contributed by atoms with Gasteiger partial charge in [0.15, 0.2) is 0 Å². The number of nitrogens with one attached hydrogen (secondary N) is 2. The fraction of sp³-hybridized carbons (Fsp3) is 0.500. The highest BCUT2D eigenvalue weighted by Crippen LogP contribution is 2.30. The lowest BCUT2D eigenvalue weighted by Crippen LogP contribution is -2.43. The highest BCUT2D eigenvalue weighted by molar-refractivity contribution is 5.93. The number of rotatable bonds is 6. The molecule has 1 aromatic rings. The Labute approximate surface area is 138 Å². The van der Waals surface area contributed by atoms with Crippen LogP contribution in [0.15, 0.2) is 18.2 Å². The van der Waals surface area contributed by atoms with Gasteiger partial charge in [0.1, 0.15) is 11.5 Å². The molecule has 23 heavy (non-hydrogen) atoms. The summed E-state index contributed by atoms with van der Waals surface area (Å²) in [7, 11) is 1.44. The molecule has 1 heterocycles. The molecule has 130 valence electrons. The maximum absolute atomic E-state index is 12.4. The van der Waals surface area contributed by atoms with Crippen molar-refractivity contribution in [2.45, 2.75) is 19.1 Å². The number of benzene rings is 1. The molecule has 9 heteroatoms. The zero-order chi connectivity index (χ0) is 15.9. The molecule has 0 radical (unpaired) electrons. The van der Waals surface area contributed by atoms with Crippen LogP contribution in [-0.4, -0.2) is 45.4 Å². The van der Waals surface area contributed by atoms with E-state index in [2.05, 4.69) is 15.4 Å². The van der Waals surface area contributed by atoms with Gasteiger partial charge in [-0.2, -0.15) is 8.78 Å². The highest BCUT2D eigenvalue weighted by Gasteiger charge is 2.19. The second kappa shape index (κ2) is 9.49. The van der Waals surface area contributed by atoms with Gasteiger partial charge >= 0.3 is 6.61 Å². The first kappa shape index (κ1) is 19.4. The summed E-state index contributed by atoms with van der Waals surface area (Å²) in [5, 5.41) is 5.71. The Morgan fingerprint density at radius 2 is 2.30 bits per heavy atom. The number of halogens is 3. The van der Waals surface area contributed by atoms with E-state index in [1.807, 2.05) is 0 Å². The SMILES string of the molecule is COc1ccc(OC(F)F)c(NC(=O)CC2COCCN2)c1.Cl. The number of methoxy groups -OCH3 is 1. The number of morpholine rings is 1. The monoisotopic (exact) mass is 352 g/mol. The molecular weight excluding hydrogens is 334 g/mol. The van der Waals surface area contributed by atoms with Crippen molar-refractivity contribution in [2.24, 2.45) is 0 Å². The fourth-order valence-corrected chi connectivity index (χ4v) is 2.11. The average Bonchev–Trinajstić information content (AvgIpc) is 2.49. The van der Waals surface area contributed by atoms with Gasteiger partial charge in [0, 0.05) is 25.1 Å². The Morgan fingerprint density at radius 3 is 2.91 bits per heavy atom. The van der Waals surface area contributed by atoms with E-state index >= 15 is 0 Å². The molecule has 0 aliphatic carbocycles. The zero-order valence-corrected chi connectivity index (χ0v) is 13.3. The molecule has 1 amide bonds. The van der Waals surface area contributed by atoms with Crippen LogP contribution in [0, 0.1) is 0 Å². The lowest BCUT2D eigenvalue weighted by Gasteiger charge is -2.23.